The molecule has 4 heteroatoms. The van der Waals surface area contributed by atoms with Crippen LogP contribution in [0.25, 0.3) is 0 Å². The van der Waals surface area contributed by atoms with Gasteiger partial charge in [0.1, 0.15) is 0 Å². The monoisotopic (exact) mass is 324 g/mol. The van der Waals surface area contributed by atoms with Gasteiger partial charge in [0.15, 0.2) is 0 Å². The predicted molar refractivity (Wildman–Crippen MR) is 82.1 cm³/mol. The number of nitrogens with two attached hydrogens (primary N) is 1. The van der Waals surface area contributed by atoms with E-state index < -0.39 is 0 Å². The van der Waals surface area contributed by atoms with E-state index in [4.69, 9.17) is 5.73 Å². The Bertz CT molecular complexity index is 453. The van der Waals surface area contributed by atoms with Gasteiger partial charge in [0.05, 0.1) is 5.56 Å². The molecule has 0 spiro atoms. The van der Waals surface area contributed by atoms with Crippen molar-refractivity contribution in [3.63, 3.8) is 0 Å². The van der Waals surface area contributed by atoms with Gasteiger partial charge in [-0.25, -0.2) is 0 Å². The molecule has 0 radical (unpaired) electrons. The number of benzene rings is 1. The number of nitrogen functional groups attached to an aromatic ring is 1. The summed E-state index contributed by atoms with van der Waals surface area (Å²) in [6.07, 6.45) is 4.76. The van der Waals surface area contributed by atoms with E-state index in [1.807, 2.05) is 11.0 Å². The summed E-state index contributed by atoms with van der Waals surface area (Å²) in [6.45, 7) is 3.94. The third-order valence-electron chi connectivity index (χ3n) is 3.84. The third-order valence-corrected chi connectivity index (χ3v) is 4.34. The maximum atomic E-state index is 12.4. The number of hydrogen-bond donors (Lipinski definition) is 1. The first-order valence-electron chi connectivity index (χ1n) is 6.96. The highest BCUT2D eigenvalue weighted by atomic mass is 79.9. The molecule has 0 aliphatic carbocycles. The highest BCUT2D eigenvalue weighted by Gasteiger charge is 2.24. The lowest BCUT2D eigenvalue weighted by molar-refractivity contribution is 0.0687. The number of anilines is 1. The van der Waals surface area contributed by atoms with Crippen LogP contribution in [-0.2, 0) is 0 Å². The molecule has 0 unspecified atom stereocenters. The first-order chi connectivity index (χ1) is 9.11. The van der Waals surface area contributed by atoms with Crippen LogP contribution in [0.5, 0.6) is 0 Å². The zero-order valence-electron chi connectivity index (χ0n) is 11.4. The third kappa shape index (κ3) is 3.50. The van der Waals surface area contributed by atoms with Gasteiger partial charge in [-0.05, 0) is 37.0 Å². The van der Waals surface area contributed by atoms with Gasteiger partial charge in [0.2, 0.25) is 0 Å². The zero-order valence-corrected chi connectivity index (χ0v) is 12.9. The summed E-state index contributed by atoms with van der Waals surface area (Å²) in [4.78, 5) is 14.4. The predicted octanol–water partition coefficient (Wildman–Crippen LogP) is 3.68. The van der Waals surface area contributed by atoms with E-state index in [2.05, 4.69) is 22.9 Å². The number of halogens is 1. The van der Waals surface area contributed by atoms with Crippen molar-refractivity contribution >= 4 is 27.5 Å². The first kappa shape index (κ1) is 14.4. The standard InChI is InChI=1S/C15H21BrN2O/c1-2-3-11-6-8-18(9-7-11)15(19)13-5-4-12(16)10-14(13)17/h4-5,10-11H,2-3,6-9,17H2,1H3. The fraction of sp³-hybridized carbons (Fsp3) is 0.533. The second kappa shape index (κ2) is 6.42. The first-order valence-corrected chi connectivity index (χ1v) is 7.75. The Labute approximate surface area is 123 Å². The number of carbonyl (C=O) groups excluding carboxylic acids is 1. The smallest absolute Gasteiger partial charge is 0.255 e. The Balaban J connectivity index is 2.01. The highest BCUT2D eigenvalue weighted by molar-refractivity contribution is 9.10. The van der Waals surface area contributed by atoms with Gasteiger partial charge in [0, 0.05) is 23.2 Å². The lowest BCUT2D eigenvalue weighted by Gasteiger charge is -2.32. The van der Waals surface area contributed by atoms with E-state index in [1.54, 1.807) is 12.1 Å². The van der Waals surface area contributed by atoms with E-state index in [-0.39, 0.29) is 5.91 Å². The Morgan fingerprint density at radius 2 is 2.11 bits per heavy atom. The molecular weight excluding hydrogens is 304 g/mol. The number of amides is 1. The number of piperidine rings is 1. The molecule has 1 aromatic carbocycles. The zero-order chi connectivity index (χ0) is 13.8. The van der Waals surface area contributed by atoms with Gasteiger partial charge < -0.3 is 10.6 Å². The maximum absolute atomic E-state index is 12.4. The number of likely N-dealkylation sites (tertiary alicyclic amines) is 1. The molecule has 1 heterocycles. The van der Waals surface area contributed by atoms with Crippen molar-refractivity contribution in [3.05, 3.63) is 28.2 Å². The fourth-order valence-corrected chi connectivity index (χ4v) is 3.11. The lowest BCUT2D eigenvalue weighted by atomic mass is 9.92. The summed E-state index contributed by atoms with van der Waals surface area (Å²) in [5.74, 6) is 0.858. The number of hydrogen-bond acceptors (Lipinski definition) is 2. The van der Waals surface area contributed by atoms with Crippen molar-refractivity contribution in [1.29, 1.82) is 0 Å². The van der Waals surface area contributed by atoms with Crippen LogP contribution in [0.3, 0.4) is 0 Å². The van der Waals surface area contributed by atoms with Gasteiger partial charge >= 0.3 is 0 Å². The number of nitrogens with zero attached hydrogens (tertiary/aromatic N) is 1. The molecule has 2 N–H and O–H groups in total. The molecular formula is C15H21BrN2O. The van der Waals surface area contributed by atoms with Crippen LogP contribution < -0.4 is 5.73 Å². The van der Waals surface area contributed by atoms with Crippen molar-refractivity contribution in [2.45, 2.75) is 32.6 Å². The van der Waals surface area contributed by atoms with E-state index in [1.165, 1.54) is 12.8 Å². The quantitative estimate of drug-likeness (QED) is 0.862. The van der Waals surface area contributed by atoms with Crippen molar-refractivity contribution in [2.75, 3.05) is 18.8 Å². The Hall–Kier alpha value is -1.03. The molecule has 0 atom stereocenters. The molecule has 1 aliphatic heterocycles. The lowest BCUT2D eigenvalue weighted by Crippen LogP contribution is -2.38. The van der Waals surface area contributed by atoms with Crippen LogP contribution in [0.1, 0.15) is 43.0 Å². The molecule has 1 fully saturated rings. The minimum absolute atomic E-state index is 0.0694. The van der Waals surface area contributed by atoms with E-state index in [0.29, 0.717) is 11.3 Å². The molecule has 0 saturated carbocycles. The molecule has 104 valence electrons. The average molecular weight is 325 g/mol. The molecule has 19 heavy (non-hydrogen) atoms. The van der Waals surface area contributed by atoms with Crippen molar-refractivity contribution < 1.29 is 4.79 Å². The molecule has 1 aromatic rings. The topological polar surface area (TPSA) is 46.3 Å². The summed E-state index contributed by atoms with van der Waals surface area (Å²) in [5, 5.41) is 0. The van der Waals surface area contributed by atoms with Crippen molar-refractivity contribution in [1.82, 2.24) is 4.90 Å². The van der Waals surface area contributed by atoms with Gasteiger partial charge in [-0.15, -0.1) is 0 Å². The summed E-state index contributed by atoms with van der Waals surface area (Å²) in [7, 11) is 0. The minimum Gasteiger partial charge on any atom is -0.398 e. The molecule has 2 rings (SSSR count). The average Bonchev–Trinajstić information content (AvgIpc) is 2.39. The molecule has 1 aliphatic rings. The van der Waals surface area contributed by atoms with Gasteiger partial charge in [0.25, 0.3) is 5.91 Å². The van der Waals surface area contributed by atoms with Crippen LogP contribution in [0, 0.1) is 5.92 Å². The van der Waals surface area contributed by atoms with E-state index >= 15 is 0 Å². The summed E-state index contributed by atoms with van der Waals surface area (Å²) in [6, 6.07) is 5.46. The highest BCUT2D eigenvalue weighted by Crippen LogP contribution is 2.25. The fourth-order valence-electron chi connectivity index (χ4n) is 2.73. The molecule has 0 aromatic heterocycles. The Morgan fingerprint density at radius 3 is 2.68 bits per heavy atom. The van der Waals surface area contributed by atoms with Crippen LogP contribution in [-0.4, -0.2) is 23.9 Å². The normalized spacial score (nSPS) is 16.6. The summed E-state index contributed by atoms with van der Waals surface area (Å²) in [5.41, 5.74) is 7.10. The molecule has 3 nitrogen and oxygen atoms in total. The Kier molecular flexibility index (Phi) is 4.86. The maximum Gasteiger partial charge on any atom is 0.255 e. The van der Waals surface area contributed by atoms with Crippen LogP contribution in [0.2, 0.25) is 0 Å². The van der Waals surface area contributed by atoms with Crippen LogP contribution in [0.4, 0.5) is 5.69 Å². The van der Waals surface area contributed by atoms with E-state index in [9.17, 15) is 4.79 Å². The van der Waals surface area contributed by atoms with Gasteiger partial charge in [-0.1, -0.05) is 35.7 Å². The van der Waals surface area contributed by atoms with E-state index in [0.717, 1.165) is 36.3 Å². The second-order valence-electron chi connectivity index (χ2n) is 5.26. The van der Waals surface area contributed by atoms with Gasteiger partial charge in [-0.2, -0.15) is 0 Å². The van der Waals surface area contributed by atoms with Crippen LogP contribution >= 0.6 is 15.9 Å². The second-order valence-corrected chi connectivity index (χ2v) is 6.17. The molecule has 1 amide bonds. The summed E-state index contributed by atoms with van der Waals surface area (Å²) < 4.78 is 0.906. The molecule has 0 bridgehead atoms. The molecule has 1 saturated heterocycles. The number of rotatable bonds is 3. The SMILES string of the molecule is CCCC1CCN(C(=O)c2ccc(Br)cc2N)CC1. The number of carbonyl (C=O) groups is 1. The van der Waals surface area contributed by atoms with Crippen LogP contribution in [0.15, 0.2) is 22.7 Å². The summed E-state index contributed by atoms with van der Waals surface area (Å²) >= 11 is 3.36. The van der Waals surface area contributed by atoms with Crippen molar-refractivity contribution in [3.8, 4) is 0 Å². The Morgan fingerprint density at radius 1 is 1.42 bits per heavy atom. The largest absolute Gasteiger partial charge is 0.398 e. The van der Waals surface area contributed by atoms with Crippen molar-refractivity contribution in [2.24, 2.45) is 5.92 Å². The van der Waals surface area contributed by atoms with Gasteiger partial charge in [-0.3, -0.25) is 4.79 Å². The minimum atomic E-state index is 0.0694.